The fourth-order valence-electron chi connectivity index (χ4n) is 3.57. The van der Waals surface area contributed by atoms with Crippen molar-refractivity contribution in [2.45, 2.75) is 43.4 Å². The van der Waals surface area contributed by atoms with Gasteiger partial charge in [0, 0.05) is 17.5 Å². The molecule has 2 atom stereocenters. The van der Waals surface area contributed by atoms with Crippen LogP contribution in [0.5, 0.6) is 0 Å². The predicted molar refractivity (Wildman–Crippen MR) is 69.2 cm³/mol. The number of furan rings is 1. The van der Waals surface area contributed by atoms with Gasteiger partial charge >= 0.3 is 0 Å². The van der Waals surface area contributed by atoms with Crippen molar-refractivity contribution in [2.75, 3.05) is 0 Å². The smallest absolute Gasteiger partial charge is 0.137 e. The second-order valence-corrected chi connectivity index (χ2v) is 5.87. The summed E-state index contributed by atoms with van der Waals surface area (Å²) in [6.07, 6.45) is 3.57. The summed E-state index contributed by atoms with van der Waals surface area (Å²) in [7, 11) is 0. The number of nitrogens with one attached hydrogen (secondary N) is 1. The highest BCUT2D eigenvalue weighted by Crippen LogP contribution is 2.42. The largest absolute Gasteiger partial charge is 0.458 e. The highest BCUT2D eigenvalue weighted by atomic mass is 19.1. The van der Waals surface area contributed by atoms with Gasteiger partial charge < -0.3 is 14.8 Å². The third-order valence-electron chi connectivity index (χ3n) is 4.44. The first-order valence-electron chi connectivity index (χ1n) is 6.80. The summed E-state index contributed by atoms with van der Waals surface area (Å²) in [5.74, 6) is 0.295. The zero-order valence-electron chi connectivity index (χ0n) is 10.5. The zero-order chi connectivity index (χ0) is 13.0. The molecule has 2 bridgehead atoms. The lowest BCUT2D eigenvalue weighted by molar-refractivity contribution is -0.0285. The summed E-state index contributed by atoms with van der Waals surface area (Å²) in [4.78, 5) is 0. The van der Waals surface area contributed by atoms with E-state index in [-0.39, 0.29) is 5.82 Å². The molecule has 2 N–H and O–H groups in total. The van der Waals surface area contributed by atoms with Crippen LogP contribution in [-0.2, 0) is 5.60 Å². The highest BCUT2D eigenvalue weighted by molar-refractivity contribution is 5.78. The molecule has 100 valence electrons. The second kappa shape index (κ2) is 3.81. The molecule has 19 heavy (non-hydrogen) atoms. The molecule has 2 unspecified atom stereocenters. The van der Waals surface area contributed by atoms with Gasteiger partial charge in [-0.2, -0.15) is 0 Å². The Morgan fingerprint density at radius 3 is 2.68 bits per heavy atom. The van der Waals surface area contributed by atoms with Crippen molar-refractivity contribution in [3.63, 3.8) is 0 Å². The van der Waals surface area contributed by atoms with E-state index in [1.807, 2.05) is 0 Å². The minimum absolute atomic E-state index is 0.280. The molecule has 3 heterocycles. The van der Waals surface area contributed by atoms with E-state index in [9.17, 15) is 9.50 Å². The predicted octanol–water partition coefficient (Wildman–Crippen LogP) is 2.67. The van der Waals surface area contributed by atoms with E-state index in [0.29, 0.717) is 41.7 Å². The van der Waals surface area contributed by atoms with Crippen LogP contribution in [0.1, 0.15) is 31.4 Å². The molecule has 0 amide bonds. The maximum Gasteiger partial charge on any atom is 0.137 e. The molecule has 0 radical (unpaired) electrons. The summed E-state index contributed by atoms with van der Waals surface area (Å²) in [5.41, 5.74) is -0.275. The second-order valence-electron chi connectivity index (χ2n) is 5.87. The Kier molecular flexibility index (Phi) is 2.29. The number of hydrogen-bond donors (Lipinski definition) is 2. The Balaban J connectivity index is 1.76. The van der Waals surface area contributed by atoms with Crippen LogP contribution in [0.4, 0.5) is 4.39 Å². The molecule has 2 aromatic rings. The van der Waals surface area contributed by atoms with Crippen molar-refractivity contribution in [3.8, 4) is 0 Å². The van der Waals surface area contributed by atoms with Gasteiger partial charge in [-0.3, -0.25) is 0 Å². The molecule has 0 aliphatic carbocycles. The molecule has 2 aliphatic rings. The number of aliphatic hydroxyl groups is 1. The fraction of sp³-hybridized carbons (Fsp3) is 0.467. The van der Waals surface area contributed by atoms with Crippen LogP contribution in [0.2, 0.25) is 0 Å². The molecule has 4 rings (SSSR count). The first kappa shape index (κ1) is 11.4. The Morgan fingerprint density at radius 1 is 1.21 bits per heavy atom. The van der Waals surface area contributed by atoms with Crippen molar-refractivity contribution in [2.24, 2.45) is 0 Å². The Labute approximate surface area is 110 Å². The van der Waals surface area contributed by atoms with Gasteiger partial charge in [-0.1, -0.05) is 0 Å². The number of halogens is 1. The van der Waals surface area contributed by atoms with Gasteiger partial charge in [0.1, 0.15) is 22.8 Å². The van der Waals surface area contributed by atoms with Crippen LogP contribution in [0.3, 0.4) is 0 Å². The quantitative estimate of drug-likeness (QED) is 0.829. The Morgan fingerprint density at radius 2 is 1.95 bits per heavy atom. The number of fused-ring (bicyclic) bond motifs is 3. The van der Waals surface area contributed by atoms with Crippen molar-refractivity contribution in [3.05, 3.63) is 35.8 Å². The van der Waals surface area contributed by atoms with Crippen molar-refractivity contribution < 1.29 is 13.9 Å². The lowest BCUT2D eigenvalue weighted by Crippen LogP contribution is -2.46. The van der Waals surface area contributed by atoms with E-state index >= 15 is 0 Å². The van der Waals surface area contributed by atoms with Gasteiger partial charge in [-0.15, -0.1) is 0 Å². The summed E-state index contributed by atoms with van der Waals surface area (Å²) in [6, 6.07) is 6.96. The van der Waals surface area contributed by atoms with Gasteiger partial charge in [0.05, 0.1) is 0 Å². The van der Waals surface area contributed by atoms with Crippen LogP contribution >= 0.6 is 0 Å². The lowest BCUT2D eigenvalue weighted by Gasteiger charge is -2.35. The van der Waals surface area contributed by atoms with E-state index in [1.165, 1.54) is 12.1 Å². The maximum atomic E-state index is 13.2. The molecule has 0 saturated carbocycles. The number of hydrogen-bond acceptors (Lipinski definition) is 3. The molecule has 2 aliphatic heterocycles. The number of piperidine rings is 1. The summed E-state index contributed by atoms with van der Waals surface area (Å²) < 4.78 is 18.9. The van der Waals surface area contributed by atoms with E-state index in [2.05, 4.69) is 5.32 Å². The first-order chi connectivity index (χ1) is 9.12. The standard InChI is InChI=1S/C15H16FNO2/c16-10-1-4-13-9(5-10)6-14(19-13)15(18)7-11-2-3-12(8-15)17-11/h1,4-6,11-12,17-18H,2-3,7-8H2. The van der Waals surface area contributed by atoms with Gasteiger partial charge in [0.15, 0.2) is 0 Å². The zero-order valence-corrected chi connectivity index (χ0v) is 10.5. The molecular weight excluding hydrogens is 245 g/mol. The maximum absolute atomic E-state index is 13.2. The average Bonchev–Trinajstić information content (AvgIpc) is 2.93. The van der Waals surface area contributed by atoms with Gasteiger partial charge in [0.25, 0.3) is 0 Å². The molecule has 1 aromatic carbocycles. The third-order valence-corrected chi connectivity index (χ3v) is 4.44. The number of rotatable bonds is 1. The lowest BCUT2D eigenvalue weighted by atomic mass is 9.85. The SMILES string of the molecule is OC1(c2cc3cc(F)ccc3o2)CC2CCC(C1)N2. The highest BCUT2D eigenvalue weighted by Gasteiger charge is 2.45. The summed E-state index contributed by atoms with van der Waals surface area (Å²) >= 11 is 0. The van der Waals surface area contributed by atoms with Gasteiger partial charge in [0.2, 0.25) is 0 Å². The Bertz CT molecular complexity index is 624. The molecular formula is C15H16FNO2. The molecule has 1 aromatic heterocycles. The molecule has 0 spiro atoms. The minimum atomic E-state index is -0.910. The van der Waals surface area contributed by atoms with Crippen LogP contribution in [0.15, 0.2) is 28.7 Å². The van der Waals surface area contributed by atoms with E-state index < -0.39 is 5.60 Å². The molecule has 2 saturated heterocycles. The van der Waals surface area contributed by atoms with Crippen LogP contribution in [0, 0.1) is 5.82 Å². The number of benzene rings is 1. The Hall–Kier alpha value is -1.39. The van der Waals surface area contributed by atoms with Crippen LogP contribution in [0.25, 0.3) is 11.0 Å². The molecule has 4 heteroatoms. The van der Waals surface area contributed by atoms with Gasteiger partial charge in [-0.05, 0) is 49.9 Å². The summed E-state index contributed by atoms with van der Waals surface area (Å²) in [6.45, 7) is 0. The molecule has 2 fully saturated rings. The fourth-order valence-corrected chi connectivity index (χ4v) is 3.57. The van der Waals surface area contributed by atoms with Crippen LogP contribution in [-0.4, -0.2) is 17.2 Å². The first-order valence-corrected chi connectivity index (χ1v) is 6.80. The monoisotopic (exact) mass is 261 g/mol. The van der Waals surface area contributed by atoms with E-state index in [4.69, 9.17) is 4.42 Å². The summed E-state index contributed by atoms with van der Waals surface area (Å²) in [5, 5.41) is 15.1. The minimum Gasteiger partial charge on any atom is -0.458 e. The van der Waals surface area contributed by atoms with Crippen molar-refractivity contribution >= 4 is 11.0 Å². The molecule has 3 nitrogen and oxygen atoms in total. The van der Waals surface area contributed by atoms with Crippen LogP contribution < -0.4 is 5.32 Å². The van der Waals surface area contributed by atoms with Crippen molar-refractivity contribution in [1.29, 1.82) is 0 Å². The normalized spacial score (nSPS) is 34.0. The topological polar surface area (TPSA) is 45.4 Å². The average molecular weight is 261 g/mol. The third kappa shape index (κ3) is 1.78. The van der Waals surface area contributed by atoms with Crippen molar-refractivity contribution in [1.82, 2.24) is 5.32 Å². The van der Waals surface area contributed by atoms with E-state index in [1.54, 1.807) is 12.1 Å². The van der Waals surface area contributed by atoms with Gasteiger partial charge in [-0.25, -0.2) is 4.39 Å². The van der Waals surface area contributed by atoms with E-state index in [0.717, 1.165) is 12.8 Å².